The van der Waals surface area contributed by atoms with Crippen LogP contribution >= 0.6 is 15.9 Å². The van der Waals surface area contributed by atoms with Crippen LogP contribution in [0.2, 0.25) is 0 Å². The molecule has 2 rings (SSSR count). The molecular formula is C16H22BrN3O4S. The number of hydrogen-bond donors (Lipinski definition) is 3. The van der Waals surface area contributed by atoms with Crippen molar-refractivity contribution >= 4 is 26.0 Å². The van der Waals surface area contributed by atoms with E-state index in [1.54, 1.807) is 38.2 Å². The maximum absolute atomic E-state index is 10.9. The first-order chi connectivity index (χ1) is 11.5. The monoisotopic (exact) mass is 431 g/mol. The molecule has 0 saturated carbocycles. The fourth-order valence-electron chi connectivity index (χ4n) is 2.39. The minimum atomic E-state index is -4.08. The number of aryl methyl sites for hydroxylation is 3. The molecule has 2 aromatic rings. The lowest BCUT2D eigenvalue weighted by Gasteiger charge is -2.07. The average molecular weight is 432 g/mol. The van der Waals surface area contributed by atoms with Gasteiger partial charge in [0.15, 0.2) is 11.2 Å². The highest BCUT2D eigenvalue weighted by atomic mass is 79.9. The first-order valence-electron chi connectivity index (χ1n) is 7.37. The van der Waals surface area contributed by atoms with Gasteiger partial charge in [0.05, 0.1) is 11.5 Å². The molecule has 0 saturated heterocycles. The highest BCUT2D eigenvalue weighted by molar-refractivity contribution is 9.10. The Balaban J connectivity index is 0.000000251. The lowest BCUT2D eigenvalue weighted by molar-refractivity contribution is 0.331. The lowest BCUT2D eigenvalue weighted by Crippen LogP contribution is -2.27. The zero-order chi connectivity index (χ0) is 19.4. The van der Waals surface area contributed by atoms with E-state index in [0.29, 0.717) is 23.5 Å². The van der Waals surface area contributed by atoms with Crippen LogP contribution in [-0.2, 0) is 10.1 Å². The normalized spacial score (nSPS) is 10.8. The van der Waals surface area contributed by atoms with Gasteiger partial charge in [0.1, 0.15) is 0 Å². The quantitative estimate of drug-likeness (QED) is 0.509. The zero-order valence-electron chi connectivity index (χ0n) is 14.5. The van der Waals surface area contributed by atoms with Crippen LogP contribution in [0.3, 0.4) is 0 Å². The molecule has 1 aromatic carbocycles. The predicted molar refractivity (Wildman–Crippen MR) is 99.8 cm³/mol. The summed E-state index contributed by atoms with van der Waals surface area (Å²) in [7, 11) is -4.08. The van der Waals surface area contributed by atoms with Gasteiger partial charge in [0, 0.05) is 10.7 Å². The van der Waals surface area contributed by atoms with E-state index in [-0.39, 0.29) is 10.4 Å². The van der Waals surface area contributed by atoms with E-state index in [1.807, 2.05) is 13.8 Å². The molecule has 1 aromatic heterocycles. The number of aromatic nitrogens is 1. The maximum Gasteiger partial charge on any atom is 0.295 e. The van der Waals surface area contributed by atoms with Crippen LogP contribution in [0.15, 0.2) is 33.8 Å². The zero-order valence-corrected chi connectivity index (χ0v) is 16.9. The Kier molecular flexibility index (Phi) is 7.21. The molecule has 0 radical (unpaired) electrons. The number of nitrogens with two attached hydrogens (primary N) is 1. The Bertz CT molecular complexity index is 900. The third-order valence-corrected chi connectivity index (χ3v) is 4.78. The van der Waals surface area contributed by atoms with Gasteiger partial charge in [0.2, 0.25) is 0 Å². The van der Waals surface area contributed by atoms with Gasteiger partial charge >= 0.3 is 0 Å². The number of ether oxygens (including phenoxy) is 1. The van der Waals surface area contributed by atoms with E-state index < -0.39 is 10.1 Å². The second-order valence-corrected chi connectivity index (χ2v) is 7.69. The Hall–Kier alpha value is -1.84. The van der Waals surface area contributed by atoms with Gasteiger partial charge in [0.25, 0.3) is 10.1 Å². The van der Waals surface area contributed by atoms with Gasteiger partial charge in [-0.3, -0.25) is 9.96 Å². The Labute approximate surface area is 155 Å². The molecule has 0 aliphatic rings. The van der Waals surface area contributed by atoms with Crippen molar-refractivity contribution in [3.63, 3.8) is 0 Å². The molecule has 0 fully saturated rings. The van der Waals surface area contributed by atoms with Crippen LogP contribution in [0.1, 0.15) is 23.6 Å². The second kappa shape index (κ2) is 8.50. The van der Waals surface area contributed by atoms with Crippen LogP contribution in [0.25, 0.3) is 0 Å². The van der Waals surface area contributed by atoms with E-state index >= 15 is 0 Å². The molecule has 138 valence electrons. The molecule has 0 amide bonds. The van der Waals surface area contributed by atoms with Gasteiger partial charge < -0.3 is 10.6 Å². The van der Waals surface area contributed by atoms with Crippen molar-refractivity contribution in [1.82, 2.24) is 4.68 Å². The molecule has 4 N–H and O–H groups in total. The van der Waals surface area contributed by atoms with Crippen molar-refractivity contribution in [3.8, 4) is 5.75 Å². The second-order valence-electron chi connectivity index (χ2n) is 5.41. The molecular weight excluding hydrogens is 410 g/mol. The number of benzene rings is 1. The summed E-state index contributed by atoms with van der Waals surface area (Å²) in [6.45, 7) is 7.61. The van der Waals surface area contributed by atoms with Crippen molar-refractivity contribution in [2.45, 2.75) is 32.6 Å². The third kappa shape index (κ3) is 5.87. The summed E-state index contributed by atoms with van der Waals surface area (Å²) in [6.07, 6.45) is 1.60. The Morgan fingerprint density at radius 2 is 1.76 bits per heavy atom. The minimum absolute atomic E-state index is 0.0260. The molecule has 0 aliphatic heterocycles. The smallest absolute Gasteiger partial charge is 0.295 e. The van der Waals surface area contributed by atoms with Gasteiger partial charge in [-0.1, -0.05) is 17.7 Å². The summed E-state index contributed by atoms with van der Waals surface area (Å²) in [5, 5.41) is 7.49. The van der Waals surface area contributed by atoms with E-state index in [4.69, 9.17) is 20.5 Å². The molecule has 9 heteroatoms. The number of nitrogens with zero attached hydrogens (tertiary/aromatic N) is 1. The standard InChI is InChI=1S/C9H12O3S.C7H10BrN3O/c1-6-4-7(2)9(8(3)5-6)13(10,11)12;1-2-12-6-3-5(8)4-11(10)7(6)9/h4-5H,1-3H3,(H,10,11,12);3-4,9H,2,10H2,1H3. The van der Waals surface area contributed by atoms with Crippen LogP contribution in [0.4, 0.5) is 0 Å². The minimum Gasteiger partial charge on any atom is -0.490 e. The Morgan fingerprint density at radius 1 is 1.24 bits per heavy atom. The number of rotatable bonds is 3. The van der Waals surface area contributed by atoms with Crippen molar-refractivity contribution < 1.29 is 17.7 Å². The van der Waals surface area contributed by atoms with E-state index in [2.05, 4.69) is 15.9 Å². The predicted octanol–water partition coefficient (Wildman–Crippen LogP) is 2.70. The number of halogens is 1. The number of pyridine rings is 1. The van der Waals surface area contributed by atoms with Crippen molar-refractivity contribution in [1.29, 1.82) is 5.41 Å². The largest absolute Gasteiger partial charge is 0.490 e. The summed E-state index contributed by atoms with van der Waals surface area (Å²) in [6, 6.07) is 5.18. The molecule has 0 spiro atoms. The van der Waals surface area contributed by atoms with E-state index in [1.165, 1.54) is 4.68 Å². The fraction of sp³-hybridized carbons (Fsp3) is 0.312. The summed E-state index contributed by atoms with van der Waals surface area (Å²) in [5.74, 6) is 5.95. The van der Waals surface area contributed by atoms with Crippen molar-refractivity contribution in [2.24, 2.45) is 0 Å². The molecule has 0 atom stereocenters. The van der Waals surface area contributed by atoms with E-state index in [0.717, 1.165) is 10.0 Å². The summed E-state index contributed by atoms with van der Waals surface area (Å²) in [5.41, 5.74) is 2.32. The topological polar surface area (TPSA) is 118 Å². The maximum atomic E-state index is 10.9. The van der Waals surface area contributed by atoms with Crippen molar-refractivity contribution in [3.05, 3.63) is 51.0 Å². The molecule has 7 nitrogen and oxygen atoms in total. The van der Waals surface area contributed by atoms with Crippen LogP contribution < -0.4 is 16.1 Å². The van der Waals surface area contributed by atoms with E-state index in [9.17, 15) is 8.42 Å². The van der Waals surface area contributed by atoms with Crippen LogP contribution in [-0.4, -0.2) is 24.3 Å². The lowest BCUT2D eigenvalue weighted by atomic mass is 10.1. The molecule has 1 heterocycles. The molecule has 0 aliphatic carbocycles. The summed E-state index contributed by atoms with van der Waals surface area (Å²) < 4.78 is 38.0. The third-order valence-electron chi connectivity index (χ3n) is 3.19. The summed E-state index contributed by atoms with van der Waals surface area (Å²) in [4.78, 5) is 0.0260. The van der Waals surface area contributed by atoms with Gasteiger partial charge in [-0.25, -0.2) is 4.68 Å². The molecule has 0 bridgehead atoms. The highest BCUT2D eigenvalue weighted by Crippen LogP contribution is 2.20. The Morgan fingerprint density at radius 3 is 2.20 bits per heavy atom. The van der Waals surface area contributed by atoms with Crippen LogP contribution in [0.5, 0.6) is 5.75 Å². The first-order valence-corrected chi connectivity index (χ1v) is 9.60. The fourth-order valence-corrected chi connectivity index (χ4v) is 3.75. The van der Waals surface area contributed by atoms with Gasteiger partial charge in [-0.15, -0.1) is 0 Å². The SMILES string of the molecule is CCOc1cc(Br)cn(N)c1=N.Cc1cc(C)c(S(=O)(=O)O)c(C)c1. The van der Waals surface area contributed by atoms with Gasteiger partial charge in [-0.05, 0) is 60.8 Å². The average Bonchev–Trinajstić information content (AvgIpc) is 2.42. The number of hydrogen-bond acceptors (Lipinski definition) is 5. The first kappa shape index (κ1) is 21.2. The number of nitrogen functional groups attached to an aromatic ring is 1. The molecule has 0 unspecified atom stereocenters. The number of nitrogens with one attached hydrogen (secondary N) is 1. The van der Waals surface area contributed by atoms with Crippen molar-refractivity contribution in [2.75, 3.05) is 12.4 Å². The van der Waals surface area contributed by atoms with Gasteiger partial charge in [-0.2, -0.15) is 8.42 Å². The van der Waals surface area contributed by atoms with Crippen LogP contribution in [0, 0.1) is 26.2 Å². The molecule has 25 heavy (non-hydrogen) atoms. The highest BCUT2D eigenvalue weighted by Gasteiger charge is 2.15. The summed E-state index contributed by atoms with van der Waals surface area (Å²) >= 11 is 3.25.